The van der Waals surface area contributed by atoms with Crippen LogP contribution in [-0.4, -0.2) is 20.8 Å². The van der Waals surface area contributed by atoms with Gasteiger partial charge in [0, 0.05) is 18.7 Å². The Kier molecular flexibility index (Phi) is 5.12. The molecule has 0 aliphatic heterocycles. The zero-order valence-electron chi connectivity index (χ0n) is 12.2. The van der Waals surface area contributed by atoms with E-state index in [0.717, 1.165) is 16.8 Å². The van der Waals surface area contributed by atoms with Gasteiger partial charge in [-0.3, -0.25) is 0 Å². The molecule has 0 aliphatic carbocycles. The summed E-state index contributed by atoms with van der Waals surface area (Å²) in [5, 5.41) is 3.82. The van der Waals surface area contributed by atoms with Gasteiger partial charge < -0.3 is 14.8 Å². The third kappa shape index (κ3) is 3.70. The lowest BCUT2D eigenvalue weighted by Gasteiger charge is -2.15. The number of hydrogen-bond acceptors (Lipinski definition) is 3. The second-order valence-corrected chi connectivity index (χ2v) is 4.92. The highest BCUT2D eigenvalue weighted by Crippen LogP contribution is 2.36. The maximum Gasteiger partial charge on any atom is 0.143 e. The number of rotatable bonds is 6. The van der Waals surface area contributed by atoms with E-state index in [1.165, 1.54) is 0 Å². The molecule has 0 fully saturated rings. The lowest BCUT2D eigenvalue weighted by molar-refractivity contribution is 0.405. The van der Waals surface area contributed by atoms with Crippen LogP contribution < -0.4 is 14.8 Å². The first kappa shape index (κ1) is 15.3. The fraction of sp³-hybridized carbons (Fsp3) is 0.176. The van der Waals surface area contributed by atoms with Crippen molar-refractivity contribution in [2.24, 2.45) is 0 Å². The van der Waals surface area contributed by atoms with Crippen molar-refractivity contribution in [1.82, 2.24) is 0 Å². The predicted molar refractivity (Wildman–Crippen MR) is 88.5 cm³/mol. The summed E-state index contributed by atoms with van der Waals surface area (Å²) >= 11 is 6.09. The van der Waals surface area contributed by atoms with E-state index in [4.69, 9.17) is 21.1 Å². The van der Waals surface area contributed by atoms with E-state index < -0.39 is 0 Å². The SMILES string of the molecule is C=C(CNc1cc(OC)c(Cl)cc1OC)c1ccccc1. The molecule has 0 aliphatic rings. The van der Waals surface area contributed by atoms with Gasteiger partial charge in [-0.2, -0.15) is 0 Å². The minimum Gasteiger partial charge on any atom is -0.495 e. The first-order chi connectivity index (χ1) is 10.2. The fourth-order valence-corrected chi connectivity index (χ4v) is 2.21. The number of hydrogen-bond donors (Lipinski definition) is 1. The Balaban J connectivity index is 2.14. The molecular weight excluding hydrogens is 286 g/mol. The molecule has 0 radical (unpaired) electrons. The third-order valence-corrected chi connectivity index (χ3v) is 3.44. The van der Waals surface area contributed by atoms with Gasteiger partial charge in [-0.05, 0) is 11.1 Å². The standard InChI is InChI=1S/C17H18ClNO2/c1-12(13-7-5-4-6-8-13)11-19-15-10-16(20-2)14(18)9-17(15)21-3/h4-10,19H,1,11H2,2-3H3. The van der Waals surface area contributed by atoms with Crippen LogP contribution >= 0.6 is 11.6 Å². The second kappa shape index (κ2) is 7.04. The van der Waals surface area contributed by atoms with Crippen molar-refractivity contribution < 1.29 is 9.47 Å². The Hall–Kier alpha value is -2.13. The quantitative estimate of drug-likeness (QED) is 0.853. The van der Waals surface area contributed by atoms with Gasteiger partial charge in [-0.25, -0.2) is 0 Å². The first-order valence-electron chi connectivity index (χ1n) is 6.54. The monoisotopic (exact) mass is 303 g/mol. The zero-order chi connectivity index (χ0) is 15.2. The Bertz CT molecular complexity index is 626. The normalized spacial score (nSPS) is 10.0. The highest BCUT2D eigenvalue weighted by molar-refractivity contribution is 6.32. The smallest absolute Gasteiger partial charge is 0.143 e. The van der Waals surface area contributed by atoms with Crippen molar-refractivity contribution in [1.29, 1.82) is 0 Å². The van der Waals surface area contributed by atoms with Gasteiger partial charge in [0.15, 0.2) is 0 Å². The number of benzene rings is 2. The van der Waals surface area contributed by atoms with Gasteiger partial charge in [0.1, 0.15) is 11.5 Å². The molecule has 21 heavy (non-hydrogen) atoms. The molecule has 0 spiro atoms. The number of anilines is 1. The molecule has 0 unspecified atom stereocenters. The summed E-state index contributed by atoms with van der Waals surface area (Å²) < 4.78 is 10.6. The fourth-order valence-electron chi connectivity index (χ4n) is 1.98. The van der Waals surface area contributed by atoms with E-state index in [2.05, 4.69) is 11.9 Å². The molecule has 0 saturated carbocycles. The lowest BCUT2D eigenvalue weighted by Crippen LogP contribution is -2.05. The van der Waals surface area contributed by atoms with E-state index in [9.17, 15) is 0 Å². The summed E-state index contributed by atoms with van der Waals surface area (Å²) in [5.74, 6) is 1.27. The van der Waals surface area contributed by atoms with Crippen LogP contribution in [0.25, 0.3) is 5.57 Å². The van der Waals surface area contributed by atoms with Crippen molar-refractivity contribution in [2.45, 2.75) is 0 Å². The van der Waals surface area contributed by atoms with Gasteiger partial charge in [0.2, 0.25) is 0 Å². The van der Waals surface area contributed by atoms with E-state index in [-0.39, 0.29) is 0 Å². The van der Waals surface area contributed by atoms with Crippen LogP contribution in [-0.2, 0) is 0 Å². The van der Waals surface area contributed by atoms with Crippen LogP contribution in [0, 0.1) is 0 Å². The highest BCUT2D eigenvalue weighted by Gasteiger charge is 2.10. The Labute approximate surface area is 130 Å². The molecule has 2 rings (SSSR count). The summed E-state index contributed by atoms with van der Waals surface area (Å²) in [6.45, 7) is 4.70. The molecule has 110 valence electrons. The van der Waals surface area contributed by atoms with E-state index >= 15 is 0 Å². The lowest BCUT2D eigenvalue weighted by atomic mass is 10.1. The molecule has 0 atom stereocenters. The molecule has 0 amide bonds. The van der Waals surface area contributed by atoms with Crippen molar-refractivity contribution in [3.05, 3.63) is 59.6 Å². The number of halogens is 1. The van der Waals surface area contributed by atoms with Crippen LogP contribution in [0.3, 0.4) is 0 Å². The van der Waals surface area contributed by atoms with Crippen LogP contribution in [0.15, 0.2) is 49.0 Å². The van der Waals surface area contributed by atoms with E-state index in [1.54, 1.807) is 20.3 Å². The summed E-state index contributed by atoms with van der Waals surface area (Å²) in [6, 6.07) is 13.6. The average molecular weight is 304 g/mol. The van der Waals surface area contributed by atoms with Crippen LogP contribution in [0.1, 0.15) is 5.56 Å². The summed E-state index contributed by atoms with van der Waals surface area (Å²) in [5.41, 5.74) is 2.91. The number of ether oxygens (including phenoxy) is 2. The minimum absolute atomic E-state index is 0.516. The Morgan fingerprint density at radius 1 is 1.10 bits per heavy atom. The molecule has 4 heteroatoms. The molecule has 0 aromatic heterocycles. The topological polar surface area (TPSA) is 30.5 Å². The Morgan fingerprint density at radius 3 is 2.38 bits per heavy atom. The van der Waals surface area contributed by atoms with E-state index in [1.807, 2.05) is 36.4 Å². The predicted octanol–water partition coefficient (Wildman–Crippen LogP) is 4.48. The van der Waals surface area contributed by atoms with Crippen LogP contribution in [0.5, 0.6) is 11.5 Å². The molecule has 0 bridgehead atoms. The van der Waals surface area contributed by atoms with Crippen LogP contribution in [0.4, 0.5) is 5.69 Å². The molecule has 2 aromatic rings. The average Bonchev–Trinajstić information content (AvgIpc) is 2.53. The molecule has 1 N–H and O–H groups in total. The maximum absolute atomic E-state index is 6.09. The van der Waals surface area contributed by atoms with Gasteiger partial charge in [-0.1, -0.05) is 48.5 Å². The molecule has 3 nitrogen and oxygen atoms in total. The van der Waals surface area contributed by atoms with E-state index in [0.29, 0.717) is 23.1 Å². The Morgan fingerprint density at radius 2 is 1.76 bits per heavy atom. The summed E-state index contributed by atoms with van der Waals surface area (Å²) in [4.78, 5) is 0. The number of nitrogens with one attached hydrogen (secondary N) is 1. The summed E-state index contributed by atoms with van der Waals surface area (Å²) in [7, 11) is 3.19. The zero-order valence-corrected chi connectivity index (χ0v) is 12.9. The first-order valence-corrected chi connectivity index (χ1v) is 6.92. The number of methoxy groups -OCH3 is 2. The van der Waals surface area contributed by atoms with Crippen LogP contribution in [0.2, 0.25) is 5.02 Å². The summed E-state index contributed by atoms with van der Waals surface area (Å²) in [6.07, 6.45) is 0. The molecule has 0 heterocycles. The molecular formula is C17H18ClNO2. The van der Waals surface area contributed by atoms with Gasteiger partial charge >= 0.3 is 0 Å². The largest absolute Gasteiger partial charge is 0.495 e. The van der Waals surface area contributed by atoms with Crippen molar-refractivity contribution in [3.8, 4) is 11.5 Å². The maximum atomic E-state index is 6.09. The molecule has 0 saturated heterocycles. The third-order valence-electron chi connectivity index (χ3n) is 3.15. The molecule has 2 aromatic carbocycles. The van der Waals surface area contributed by atoms with Gasteiger partial charge in [0.05, 0.1) is 24.9 Å². The second-order valence-electron chi connectivity index (χ2n) is 4.51. The van der Waals surface area contributed by atoms with Crippen molar-refractivity contribution in [2.75, 3.05) is 26.1 Å². The van der Waals surface area contributed by atoms with Gasteiger partial charge in [0.25, 0.3) is 0 Å². The van der Waals surface area contributed by atoms with Crippen molar-refractivity contribution >= 4 is 22.9 Å². The minimum atomic E-state index is 0.516. The van der Waals surface area contributed by atoms with Crippen molar-refractivity contribution in [3.63, 3.8) is 0 Å². The highest BCUT2D eigenvalue weighted by atomic mass is 35.5. The van der Waals surface area contributed by atoms with Gasteiger partial charge in [-0.15, -0.1) is 0 Å².